The van der Waals surface area contributed by atoms with E-state index in [-0.39, 0.29) is 16.9 Å². The van der Waals surface area contributed by atoms with Gasteiger partial charge in [-0.1, -0.05) is 26.0 Å². The molecule has 1 atom stereocenters. The van der Waals surface area contributed by atoms with E-state index < -0.39 is 48.0 Å². The number of hydrogen-bond donors (Lipinski definition) is 1. The average Bonchev–Trinajstić information content (AvgIpc) is 2.61. The summed E-state index contributed by atoms with van der Waals surface area (Å²) in [5.74, 6) is -1.12. The number of methoxy groups -OCH3 is 1. The number of halogens is 7. The van der Waals surface area contributed by atoms with Crippen LogP contribution in [0.4, 0.5) is 30.7 Å². The molecule has 31 heavy (non-hydrogen) atoms. The van der Waals surface area contributed by atoms with Gasteiger partial charge in [0.1, 0.15) is 17.3 Å². The molecule has 3 nitrogen and oxygen atoms in total. The first-order chi connectivity index (χ1) is 14.1. The number of benzene rings is 2. The van der Waals surface area contributed by atoms with Crippen molar-refractivity contribution in [2.45, 2.75) is 50.2 Å². The Balaban J connectivity index is 2.36. The summed E-state index contributed by atoms with van der Waals surface area (Å²) in [7, 11) is 1.29. The molecule has 0 aliphatic heterocycles. The highest BCUT2D eigenvalue weighted by atomic mass is 19.4. The first kappa shape index (κ1) is 24.8. The smallest absolute Gasteiger partial charge is 0.496 e. The van der Waals surface area contributed by atoms with E-state index in [1.54, 1.807) is 0 Å². The molecule has 0 bridgehead atoms. The highest BCUT2D eigenvalue weighted by Crippen LogP contribution is 2.45. The molecular weight excluding hydrogens is 433 g/mol. The number of rotatable bonds is 7. The van der Waals surface area contributed by atoms with Crippen LogP contribution in [0.1, 0.15) is 31.4 Å². The van der Waals surface area contributed by atoms with E-state index in [0.717, 1.165) is 36.4 Å². The van der Waals surface area contributed by atoms with Gasteiger partial charge in [-0.3, -0.25) is 0 Å². The zero-order valence-electron chi connectivity index (χ0n) is 16.9. The van der Waals surface area contributed by atoms with E-state index in [4.69, 9.17) is 4.74 Å². The van der Waals surface area contributed by atoms with E-state index >= 15 is 0 Å². The van der Waals surface area contributed by atoms with E-state index in [2.05, 4.69) is 4.74 Å². The highest BCUT2D eigenvalue weighted by Gasteiger charge is 2.56. The third-order valence-electron chi connectivity index (χ3n) is 4.81. The van der Waals surface area contributed by atoms with E-state index in [0.29, 0.717) is 0 Å². The van der Waals surface area contributed by atoms with Crippen LogP contribution in [-0.4, -0.2) is 30.4 Å². The van der Waals surface area contributed by atoms with Crippen molar-refractivity contribution in [3.05, 3.63) is 59.4 Å². The topological polar surface area (TPSA) is 38.7 Å². The van der Waals surface area contributed by atoms with Crippen molar-refractivity contribution in [1.29, 1.82) is 0 Å². The molecule has 2 rings (SSSR count). The molecule has 0 fully saturated rings. The van der Waals surface area contributed by atoms with Gasteiger partial charge in [-0.25, -0.2) is 4.39 Å². The monoisotopic (exact) mass is 454 g/mol. The second-order valence-electron chi connectivity index (χ2n) is 7.80. The summed E-state index contributed by atoms with van der Waals surface area (Å²) in [5, 5.41) is 10.6. The summed E-state index contributed by atoms with van der Waals surface area (Å²) < 4.78 is 101. The Bertz CT molecular complexity index is 889. The molecule has 0 aliphatic rings. The van der Waals surface area contributed by atoms with Crippen LogP contribution in [0.15, 0.2) is 42.5 Å². The van der Waals surface area contributed by atoms with Crippen LogP contribution in [0.25, 0.3) is 0 Å². The van der Waals surface area contributed by atoms with Crippen LogP contribution in [-0.2, 0) is 11.8 Å². The molecule has 2 aromatic rings. The molecule has 10 heteroatoms. The molecule has 0 aliphatic carbocycles. The third-order valence-corrected chi connectivity index (χ3v) is 4.81. The molecule has 1 unspecified atom stereocenters. The molecule has 1 N–H and O–H groups in total. The van der Waals surface area contributed by atoms with E-state index in [1.807, 2.05) is 0 Å². The van der Waals surface area contributed by atoms with Gasteiger partial charge < -0.3 is 14.6 Å². The Morgan fingerprint density at radius 1 is 0.903 bits per heavy atom. The standard InChI is InChI=1S/C21H21F7O3/c1-18(2,16-10-14(22)6-9-17(16)30-3)12-19(29,20(23,24)25)11-13-4-7-15(8-5-13)31-21(26,27)28/h4-10,29H,11-12H2,1-3H3. The van der Waals surface area contributed by atoms with Crippen molar-refractivity contribution >= 4 is 0 Å². The van der Waals surface area contributed by atoms with Gasteiger partial charge in [-0.05, 0) is 47.7 Å². The fraction of sp³-hybridized carbons (Fsp3) is 0.429. The number of hydrogen-bond acceptors (Lipinski definition) is 3. The van der Waals surface area contributed by atoms with Crippen LogP contribution in [0.5, 0.6) is 11.5 Å². The molecule has 0 heterocycles. The molecule has 0 amide bonds. The zero-order valence-corrected chi connectivity index (χ0v) is 16.9. The molecule has 2 aromatic carbocycles. The van der Waals surface area contributed by atoms with Crippen LogP contribution in [0, 0.1) is 5.82 Å². The quantitative estimate of drug-likeness (QED) is 0.527. The lowest BCUT2D eigenvalue weighted by Gasteiger charge is -2.38. The van der Waals surface area contributed by atoms with Crippen molar-refractivity contribution in [2.75, 3.05) is 7.11 Å². The summed E-state index contributed by atoms with van der Waals surface area (Å²) in [6.07, 6.45) is -11.8. The zero-order chi connectivity index (χ0) is 23.7. The summed E-state index contributed by atoms with van der Waals surface area (Å²) in [6.45, 7) is 2.81. The molecule has 0 spiro atoms. The Morgan fingerprint density at radius 2 is 1.48 bits per heavy atom. The average molecular weight is 454 g/mol. The van der Waals surface area contributed by atoms with E-state index in [9.17, 15) is 35.8 Å². The maximum absolute atomic E-state index is 13.9. The summed E-state index contributed by atoms with van der Waals surface area (Å²) in [5.41, 5.74) is -4.56. The normalized spacial score (nSPS) is 14.8. The van der Waals surface area contributed by atoms with Crippen LogP contribution in [0.2, 0.25) is 0 Å². The second-order valence-corrected chi connectivity index (χ2v) is 7.80. The first-order valence-electron chi connectivity index (χ1n) is 9.04. The van der Waals surface area contributed by atoms with Gasteiger partial charge in [0.15, 0.2) is 5.60 Å². The predicted molar refractivity (Wildman–Crippen MR) is 98.4 cm³/mol. The SMILES string of the molecule is COc1ccc(F)cc1C(C)(C)CC(O)(Cc1ccc(OC(F)(F)F)cc1)C(F)(F)F. The molecular formula is C21H21F7O3. The number of aliphatic hydroxyl groups is 1. The Morgan fingerprint density at radius 3 is 1.97 bits per heavy atom. The van der Waals surface area contributed by atoms with Crippen LogP contribution < -0.4 is 9.47 Å². The third kappa shape index (κ3) is 6.25. The Labute approximate surface area is 174 Å². The summed E-state index contributed by atoms with van der Waals surface area (Å²) in [4.78, 5) is 0. The Hall–Kier alpha value is -2.49. The predicted octanol–water partition coefficient (Wildman–Crippen LogP) is 5.94. The van der Waals surface area contributed by atoms with Crippen LogP contribution in [0.3, 0.4) is 0 Å². The fourth-order valence-electron chi connectivity index (χ4n) is 3.45. The first-order valence-corrected chi connectivity index (χ1v) is 9.04. The number of ether oxygens (including phenoxy) is 2. The second kappa shape index (κ2) is 8.57. The largest absolute Gasteiger partial charge is 0.573 e. The molecule has 0 saturated heterocycles. The minimum atomic E-state index is -5.08. The van der Waals surface area contributed by atoms with E-state index in [1.165, 1.54) is 27.0 Å². The molecule has 0 aromatic heterocycles. The Kier molecular flexibility index (Phi) is 6.85. The highest BCUT2D eigenvalue weighted by molar-refractivity contribution is 5.40. The minimum Gasteiger partial charge on any atom is -0.496 e. The lowest BCUT2D eigenvalue weighted by molar-refractivity contribution is -0.274. The van der Waals surface area contributed by atoms with Gasteiger partial charge in [0.25, 0.3) is 0 Å². The molecule has 0 radical (unpaired) electrons. The minimum absolute atomic E-state index is 0.0589. The van der Waals surface area contributed by atoms with Gasteiger partial charge >= 0.3 is 12.5 Å². The lowest BCUT2D eigenvalue weighted by atomic mass is 9.72. The fourth-order valence-corrected chi connectivity index (χ4v) is 3.45. The maximum Gasteiger partial charge on any atom is 0.573 e. The van der Waals surface area contributed by atoms with Crippen molar-refractivity contribution in [3.8, 4) is 11.5 Å². The van der Waals surface area contributed by atoms with Gasteiger partial charge in [0.05, 0.1) is 7.11 Å². The summed E-state index contributed by atoms with van der Waals surface area (Å²) >= 11 is 0. The van der Waals surface area contributed by atoms with Gasteiger partial charge in [-0.2, -0.15) is 13.2 Å². The van der Waals surface area contributed by atoms with Crippen molar-refractivity contribution < 1.29 is 45.3 Å². The number of alkyl halides is 6. The van der Waals surface area contributed by atoms with Crippen molar-refractivity contribution in [2.24, 2.45) is 0 Å². The summed E-state index contributed by atoms with van der Waals surface area (Å²) in [6, 6.07) is 7.15. The van der Waals surface area contributed by atoms with Crippen LogP contribution >= 0.6 is 0 Å². The van der Waals surface area contributed by atoms with Crippen molar-refractivity contribution in [1.82, 2.24) is 0 Å². The van der Waals surface area contributed by atoms with Crippen molar-refractivity contribution in [3.63, 3.8) is 0 Å². The van der Waals surface area contributed by atoms with Gasteiger partial charge in [0.2, 0.25) is 0 Å². The van der Waals surface area contributed by atoms with Gasteiger partial charge in [0, 0.05) is 12.0 Å². The molecule has 172 valence electrons. The maximum atomic E-state index is 13.9. The lowest BCUT2D eigenvalue weighted by Crippen LogP contribution is -2.50. The molecule has 0 saturated carbocycles. The van der Waals surface area contributed by atoms with Gasteiger partial charge in [-0.15, -0.1) is 13.2 Å².